The first kappa shape index (κ1) is 17.3. The first-order valence-corrected chi connectivity index (χ1v) is 8.95. The lowest BCUT2D eigenvalue weighted by Crippen LogP contribution is -2.30. The maximum Gasteiger partial charge on any atom is 0.248 e. The molecule has 1 aromatic heterocycles. The van der Waals surface area contributed by atoms with Crippen LogP contribution in [0.4, 0.5) is 0 Å². The Hall–Kier alpha value is -3.12. The number of nitrogens with one attached hydrogen (secondary N) is 1. The molecule has 2 heterocycles. The van der Waals surface area contributed by atoms with E-state index in [1.165, 1.54) is 5.56 Å². The highest BCUT2D eigenvalue weighted by Crippen LogP contribution is 2.24. The van der Waals surface area contributed by atoms with Gasteiger partial charge in [-0.3, -0.25) is 9.69 Å². The van der Waals surface area contributed by atoms with E-state index in [1.807, 2.05) is 24.3 Å². The largest absolute Gasteiger partial charge is 0.497 e. The fraction of sp³-hybridized carbons (Fsp3) is 0.238. The third kappa shape index (κ3) is 3.71. The lowest BCUT2D eigenvalue weighted by molar-refractivity contribution is 0.100. The number of carbonyl (C=O) groups is 1. The maximum absolute atomic E-state index is 11.2. The van der Waals surface area contributed by atoms with Crippen molar-refractivity contribution in [3.63, 3.8) is 0 Å². The zero-order chi connectivity index (χ0) is 18.8. The Kier molecular flexibility index (Phi) is 4.64. The number of aromatic nitrogens is 2. The van der Waals surface area contributed by atoms with Gasteiger partial charge in [0.2, 0.25) is 5.91 Å². The van der Waals surface area contributed by atoms with Crippen molar-refractivity contribution in [2.45, 2.75) is 19.5 Å². The molecule has 0 saturated carbocycles. The summed E-state index contributed by atoms with van der Waals surface area (Å²) < 4.78 is 5.31. The van der Waals surface area contributed by atoms with Crippen LogP contribution in [0.15, 0.2) is 48.5 Å². The number of fused-ring (bicyclic) bond motifs is 1. The number of imidazole rings is 1. The summed E-state index contributed by atoms with van der Waals surface area (Å²) in [6, 6.07) is 15.4. The molecule has 6 heteroatoms. The minimum absolute atomic E-state index is 0.423. The minimum atomic E-state index is -0.423. The van der Waals surface area contributed by atoms with Crippen molar-refractivity contribution in [2.24, 2.45) is 5.73 Å². The van der Waals surface area contributed by atoms with Gasteiger partial charge in [0, 0.05) is 37.2 Å². The Morgan fingerprint density at radius 2 is 2.07 bits per heavy atom. The fourth-order valence-electron chi connectivity index (χ4n) is 3.44. The van der Waals surface area contributed by atoms with Crippen LogP contribution in [0.2, 0.25) is 0 Å². The highest BCUT2D eigenvalue weighted by molar-refractivity contribution is 5.93. The fourth-order valence-corrected chi connectivity index (χ4v) is 3.44. The molecule has 2 aromatic carbocycles. The number of methoxy groups -OCH3 is 1. The van der Waals surface area contributed by atoms with E-state index in [2.05, 4.69) is 22.0 Å². The number of rotatable bonds is 5. The number of primary amides is 1. The molecule has 0 atom stereocenters. The number of hydrogen-bond acceptors (Lipinski definition) is 4. The number of ether oxygens (including phenoxy) is 1. The monoisotopic (exact) mass is 362 g/mol. The van der Waals surface area contributed by atoms with E-state index in [1.54, 1.807) is 19.2 Å². The summed E-state index contributed by atoms with van der Waals surface area (Å²) in [5, 5.41) is 0. The average molecular weight is 362 g/mol. The lowest BCUT2D eigenvalue weighted by Gasteiger charge is -2.26. The van der Waals surface area contributed by atoms with E-state index in [9.17, 15) is 4.79 Å². The van der Waals surface area contributed by atoms with Crippen molar-refractivity contribution < 1.29 is 9.53 Å². The first-order chi connectivity index (χ1) is 13.1. The number of nitrogens with zero attached hydrogens (tertiary/aromatic N) is 2. The Morgan fingerprint density at radius 3 is 2.81 bits per heavy atom. The third-order valence-electron chi connectivity index (χ3n) is 4.89. The van der Waals surface area contributed by atoms with Gasteiger partial charge in [0.15, 0.2) is 0 Å². The summed E-state index contributed by atoms with van der Waals surface area (Å²) in [5.74, 6) is 1.29. The molecular formula is C21H22N4O2. The van der Waals surface area contributed by atoms with Crippen LogP contribution in [0.5, 0.6) is 5.75 Å². The summed E-state index contributed by atoms with van der Waals surface area (Å²) in [4.78, 5) is 21.8. The molecule has 27 heavy (non-hydrogen) atoms. The van der Waals surface area contributed by atoms with E-state index >= 15 is 0 Å². The van der Waals surface area contributed by atoms with Crippen molar-refractivity contribution in [3.8, 4) is 17.1 Å². The summed E-state index contributed by atoms with van der Waals surface area (Å²) >= 11 is 0. The van der Waals surface area contributed by atoms with Gasteiger partial charge < -0.3 is 15.5 Å². The van der Waals surface area contributed by atoms with Crippen LogP contribution < -0.4 is 10.5 Å². The molecule has 0 bridgehead atoms. The Morgan fingerprint density at radius 1 is 1.26 bits per heavy atom. The van der Waals surface area contributed by atoms with Gasteiger partial charge in [0.1, 0.15) is 11.6 Å². The van der Waals surface area contributed by atoms with Gasteiger partial charge >= 0.3 is 0 Å². The number of carbonyl (C=O) groups excluding carboxylic acids is 1. The van der Waals surface area contributed by atoms with Gasteiger partial charge in [-0.2, -0.15) is 0 Å². The van der Waals surface area contributed by atoms with E-state index in [4.69, 9.17) is 15.5 Å². The molecule has 1 aliphatic rings. The van der Waals surface area contributed by atoms with Crippen molar-refractivity contribution in [2.75, 3.05) is 13.7 Å². The Balaban J connectivity index is 1.49. The molecule has 1 amide bonds. The minimum Gasteiger partial charge on any atom is -0.497 e. The molecule has 0 radical (unpaired) electrons. The van der Waals surface area contributed by atoms with Crippen LogP contribution in [-0.2, 0) is 19.5 Å². The smallest absolute Gasteiger partial charge is 0.248 e. The second kappa shape index (κ2) is 7.25. The molecule has 6 nitrogen and oxygen atoms in total. The van der Waals surface area contributed by atoms with Gasteiger partial charge in [0.25, 0.3) is 0 Å². The van der Waals surface area contributed by atoms with E-state index in [0.29, 0.717) is 5.56 Å². The van der Waals surface area contributed by atoms with Gasteiger partial charge in [-0.15, -0.1) is 0 Å². The second-order valence-corrected chi connectivity index (χ2v) is 6.76. The SMILES string of the molecule is COc1cccc(CN2CCc3nc(-c4ccc(C(N)=O)cc4)[nH]c3C2)c1. The Labute approximate surface area is 158 Å². The van der Waals surface area contributed by atoms with E-state index in [0.717, 1.165) is 54.6 Å². The Bertz CT molecular complexity index is 963. The van der Waals surface area contributed by atoms with Gasteiger partial charge in [-0.05, 0) is 29.8 Å². The van der Waals surface area contributed by atoms with Crippen LogP contribution in [-0.4, -0.2) is 34.4 Å². The number of amides is 1. The van der Waals surface area contributed by atoms with E-state index < -0.39 is 5.91 Å². The van der Waals surface area contributed by atoms with Crippen LogP contribution >= 0.6 is 0 Å². The lowest BCUT2D eigenvalue weighted by atomic mass is 10.1. The molecule has 3 N–H and O–H groups in total. The summed E-state index contributed by atoms with van der Waals surface area (Å²) in [6.07, 6.45) is 0.912. The van der Waals surface area contributed by atoms with Crippen LogP contribution in [0.1, 0.15) is 27.3 Å². The normalized spacial score (nSPS) is 14.0. The number of nitrogens with two attached hydrogens (primary N) is 1. The van der Waals surface area contributed by atoms with Crippen molar-refractivity contribution in [1.82, 2.24) is 14.9 Å². The van der Waals surface area contributed by atoms with Crippen molar-refractivity contribution in [1.29, 1.82) is 0 Å². The zero-order valence-electron chi connectivity index (χ0n) is 15.2. The number of aromatic amines is 1. The summed E-state index contributed by atoms with van der Waals surface area (Å²) in [6.45, 7) is 2.67. The maximum atomic E-state index is 11.2. The number of H-pyrrole nitrogens is 1. The predicted molar refractivity (Wildman–Crippen MR) is 103 cm³/mol. The molecule has 4 rings (SSSR count). The van der Waals surface area contributed by atoms with Crippen LogP contribution in [0, 0.1) is 0 Å². The topological polar surface area (TPSA) is 84.2 Å². The molecule has 1 aliphatic heterocycles. The van der Waals surface area contributed by atoms with Gasteiger partial charge in [-0.1, -0.05) is 24.3 Å². The summed E-state index contributed by atoms with van der Waals surface area (Å²) in [7, 11) is 1.69. The number of hydrogen-bond donors (Lipinski definition) is 2. The zero-order valence-corrected chi connectivity index (χ0v) is 15.2. The van der Waals surface area contributed by atoms with E-state index in [-0.39, 0.29) is 0 Å². The predicted octanol–water partition coefficient (Wildman–Crippen LogP) is 2.74. The highest BCUT2D eigenvalue weighted by Gasteiger charge is 2.21. The third-order valence-corrected chi connectivity index (χ3v) is 4.89. The van der Waals surface area contributed by atoms with Crippen molar-refractivity contribution >= 4 is 5.91 Å². The second-order valence-electron chi connectivity index (χ2n) is 6.76. The quantitative estimate of drug-likeness (QED) is 0.731. The molecule has 0 spiro atoms. The highest BCUT2D eigenvalue weighted by atomic mass is 16.5. The first-order valence-electron chi connectivity index (χ1n) is 8.95. The summed E-state index contributed by atoms with van der Waals surface area (Å²) in [5.41, 5.74) is 10.3. The van der Waals surface area contributed by atoms with Crippen molar-refractivity contribution in [3.05, 3.63) is 71.0 Å². The molecule has 0 fully saturated rings. The molecular weight excluding hydrogens is 340 g/mol. The average Bonchev–Trinajstić information content (AvgIpc) is 3.11. The number of benzene rings is 2. The van der Waals surface area contributed by atoms with Gasteiger partial charge in [0.05, 0.1) is 18.5 Å². The standard InChI is InChI=1S/C21H22N4O2/c1-27-17-4-2-3-14(11-17)12-25-10-9-18-19(13-25)24-21(23-18)16-7-5-15(6-8-16)20(22)26/h2-8,11H,9-10,12-13H2,1H3,(H2,22,26)(H,23,24). The molecule has 3 aromatic rings. The van der Waals surface area contributed by atoms with Crippen LogP contribution in [0.3, 0.4) is 0 Å². The van der Waals surface area contributed by atoms with Crippen LogP contribution in [0.25, 0.3) is 11.4 Å². The molecule has 0 unspecified atom stereocenters. The molecule has 0 saturated heterocycles. The van der Waals surface area contributed by atoms with Gasteiger partial charge in [-0.25, -0.2) is 4.98 Å². The molecule has 0 aliphatic carbocycles. The molecule has 138 valence electrons.